The lowest BCUT2D eigenvalue weighted by atomic mass is 9.89. The predicted molar refractivity (Wildman–Crippen MR) is 59.5 cm³/mol. The largest absolute Gasteiger partial charge is 0.399 e. The molecule has 0 aromatic carbocycles. The summed E-state index contributed by atoms with van der Waals surface area (Å²) in [5, 5.41) is 9.77. The van der Waals surface area contributed by atoms with Crippen LogP contribution in [0.25, 0.3) is 0 Å². The summed E-state index contributed by atoms with van der Waals surface area (Å²) in [4.78, 5) is 10.1. The van der Waals surface area contributed by atoms with Crippen LogP contribution in [-0.2, 0) is 4.79 Å². The van der Waals surface area contributed by atoms with Crippen molar-refractivity contribution in [2.75, 3.05) is 6.54 Å². The Labute approximate surface area is 97.5 Å². The maximum atomic E-state index is 11.7. The van der Waals surface area contributed by atoms with Crippen molar-refractivity contribution in [3.63, 3.8) is 0 Å². The predicted octanol–water partition coefficient (Wildman–Crippen LogP) is 0.222. The Morgan fingerprint density at radius 3 is 2.80 bits per heavy atom. The zero-order chi connectivity index (χ0) is 11.6. The lowest BCUT2D eigenvalue weighted by Gasteiger charge is -2.30. The number of aliphatic hydroxyl groups excluding tert-OH is 1. The smallest absolute Gasteiger partial charge is 0.162 e. The molecule has 0 saturated heterocycles. The fraction of sp³-hybridized carbons (Fsp3) is 0.444. The zero-order valence-electron chi connectivity index (χ0n) is 7.91. The van der Waals surface area contributed by atoms with Gasteiger partial charge in [0.25, 0.3) is 0 Å². The van der Waals surface area contributed by atoms with Crippen LogP contribution in [0.1, 0.15) is 6.42 Å². The van der Waals surface area contributed by atoms with Gasteiger partial charge < -0.3 is 16.6 Å². The number of halogens is 2. The van der Waals surface area contributed by atoms with E-state index in [0.717, 1.165) is 0 Å². The summed E-state index contributed by atoms with van der Waals surface area (Å²) in [5.41, 5.74) is 11.0. The van der Waals surface area contributed by atoms with Crippen molar-refractivity contribution >= 4 is 29.0 Å². The van der Waals surface area contributed by atoms with Gasteiger partial charge in [-0.15, -0.1) is 11.6 Å². The monoisotopic (exact) mass is 250 g/mol. The third-order valence-corrected chi connectivity index (χ3v) is 2.98. The Hall–Kier alpha value is -0.550. The Morgan fingerprint density at radius 2 is 2.27 bits per heavy atom. The molecule has 0 radical (unpaired) electrons. The van der Waals surface area contributed by atoms with Gasteiger partial charge in [0.15, 0.2) is 10.7 Å². The Bertz CT molecular complexity index is 341. The molecule has 0 saturated carbocycles. The van der Waals surface area contributed by atoms with Crippen molar-refractivity contribution in [2.45, 2.75) is 17.4 Å². The molecule has 4 nitrogen and oxygen atoms in total. The number of aliphatic hydroxyl groups is 1. The number of allylic oxidation sites excluding steroid dienone is 1. The normalized spacial score (nSPS) is 30.8. The Kier molecular flexibility index (Phi) is 3.78. The van der Waals surface area contributed by atoms with Crippen molar-refractivity contribution in [1.29, 1.82) is 0 Å². The summed E-state index contributed by atoms with van der Waals surface area (Å²) in [5.74, 6) is -0.395. The first-order chi connectivity index (χ1) is 6.91. The van der Waals surface area contributed by atoms with E-state index in [1.165, 1.54) is 12.2 Å². The van der Waals surface area contributed by atoms with Crippen LogP contribution in [-0.4, -0.2) is 28.4 Å². The van der Waals surface area contributed by atoms with Gasteiger partial charge in [0, 0.05) is 12.1 Å². The molecule has 6 heteroatoms. The van der Waals surface area contributed by atoms with Crippen LogP contribution in [0, 0.1) is 0 Å². The molecule has 1 rings (SSSR count). The lowest BCUT2D eigenvalue weighted by Crippen LogP contribution is -2.46. The summed E-state index contributed by atoms with van der Waals surface area (Å²) in [7, 11) is 0. The highest BCUT2D eigenvalue weighted by molar-refractivity contribution is 6.40. The van der Waals surface area contributed by atoms with E-state index in [9.17, 15) is 9.90 Å². The molecule has 0 aromatic heterocycles. The van der Waals surface area contributed by atoms with Crippen molar-refractivity contribution in [2.24, 2.45) is 11.5 Å². The fourth-order valence-corrected chi connectivity index (χ4v) is 2.05. The van der Waals surface area contributed by atoms with E-state index in [1.807, 2.05) is 0 Å². The number of hydrogen-bond donors (Lipinski definition) is 3. The molecule has 0 amide bonds. The fourth-order valence-electron chi connectivity index (χ4n) is 1.36. The minimum atomic E-state index is -1.59. The van der Waals surface area contributed by atoms with Gasteiger partial charge in [-0.1, -0.05) is 11.6 Å². The van der Waals surface area contributed by atoms with Crippen molar-refractivity contribution in [3.8, 4) is 0 Å². The number of rotatable bonds is 3. The molecule has 0 spiro atoms. The third kappa shape index (κ3) is 2.34. The number of alkyl halides is 1. The van der Waals surface area contributed by atoms with E-state index in [0.29, 0.717) is 0 Å². The molecular formula is C9H12Cl2N2O2. The second kappa shape index (κ2) is 4.53. The number of carbonyl (C=O) groups is 1. The van der Waals surface area contributed by atoms with Crippen molar-refractivity contribution in [3.05, 3.63) is 22.9 Å². The maximum absolute atomic E-state index is 11.7. The van der Waals surface area contributed by atoms with E-state index in [1.54, 1.807) is 0 Å². The van der Waals surface area contributed by atoms with Crippen LogP contribution in [0.15, 0.2) is 22.9 Å². The van der Waals surface area contributed by atoms with Gasteiger partial charge in [0.2, 0.25) is 0 Å². The zero-order valence-corrected chi connectivity index (χ0v) is 9.42. The van der Waals surface area contributed by atoms with E-state index < -0.39 is 16.8 Å². The van der Waals surface area contributed by atoms with Crippen LogP contribution in [0.2, 0.25) is 0 Å². The topological polar surface area (TPSA) is 89.3 Å². The first-order valence-electron chi connectivity index (χ1n) is 4.37. The molecule has 84 valence electrons. The number of ketones is 1. The average Bonchev–Trinajstić information content (AvgIpc) is 2.14. The van der Waals surface area contributed by atoms with Crippen LogP contribution < -0.4 is 11.5 Å². The molecule has 0 bridgehead atoms. The summed E-state index contributed by atoms with van der Waals surface area (Å²) in [6.45, 7) is 0.162. The molecule has 15 heavy (non-hydrogen) atoms. The van der Waals surface area contributed by atoms with Crippen molar-refractivity contribution < 1.29 is 9.90 Å². The van der Waals surface area contributed by atoms with Crippen molar-refractivity contribution in [1.82, 2.24) is 0 Å². The molecule has 2 atom stereocenters. The van der Waals surface area contributed by atoms with Crippen LogP contribution in [0.3, 0.4) is 0 Å². The first-order valence-corrected chi connectivity index (χ1v) is 5.13. The number of Topliss-reactive ketones (excluding diaryl/α,β-unsaturated/α-hetero) is 1. The molecule has 1 aliphatic rings. The SMILES string of the molecule is NCCC(=O)C1(Cl)C=C(N)C=C(Cl)C1O. The van der Waals surface area contributed by atoms with Gasteiger partial charge in [-0.25, -0.2) is 0 Å². The highest BCUT2D eigenvalue weighted by Gasteiger charge is 2.44. The second-order valence-corrected chi connectivity index (χ2v) is 4.37. The molecular weight excluding hydrogens is 239 g/mol. The first kappa shape index (κ1) is 12.5. The molecule has 1 aliphatic carbocycles. The Morgan fingerprint density at radius 1 is 1.67 bits per heavy atom. The summed E-state index contributed by atoms with van der Waals surface area (Å²) in [6.07, 6.45) is 1.45. The van der Waals surface area contributed by atoms with Gasteiger partial charge in [-0.05, 0) is 18.7 Å². The van der Waals surface area contributed by atoms with E-state index in [-0.39, 0.29) is 23.7 Å². The van der Waals surface area contributed by atoms with Crippen LogP contribution in [0.4, 0.5) is 0 Å². The summed E-state index contributed by atoms with van der Waals surface area (Å²) < 4.78 is 0. The molecule has 0 fully saturated rings. The summed E-state index contributed by atoms with van der Waals surface area (Å²) in [6, 6.07) is 0. The van der Waals surface area contributed by atoms with E-state index >= 15 is 0 Å². The minimum Gasteiger partial charge on any atom is -0.399 e. The standard InChI is InChI=1S/C9H12Cl2N2O2/c10-6-3-5(13)4-9(11,8(6)15)7(14)1-2-12/h3-4,8,15H,1-2,12-13H2. The number of nitrogens with two attached hydrogens (primary N) is 2. The molecule has 5 N–H and O–H groups in total. The van der Waals surface area contributed by atoms with Crippen LogP contribution >= 0.6 is 23.2 Å². The maximum Gasteiger partial charge on any atom is 0.162 e. The van der Waals surface area contributed by atoms with Crippen LogP contribution in [0.5, 0.6) is 0 Å². The number of carbonyl (C=O) groups excluding carboxylic acids is 1. The highest BCUT2D eigenvalue weighted by Crippen LogP contribution is 2.34. The van der Waals surface area contributed by atoms with Gasteiger partial charge in [-0.3, -0.25) is 4.79 Å². The lowest BCUT2D eigenvalue weighted by molar-refractivity contribution is -0.122. The Balaban J connectivity index is 3.03. The molecule has 0 aliphatic heterocycles. The molecule has 0 heterocycles. The third-order valence-electron chi connectivity index (χ3n) is 2.14. The van der Waals surface area contributed by atoms with Gasteiger partial charge in [-0.2, -0.15) is 0 Å². The number of hydrogen-bond acceptors (Lipinski definition) is 4. The van der Waals surface area contributed by atoms with Gasteiger partial charge in [0.05, 0.1) is 5.03 Å². The molecule has 0 aromatic rings. The molecule has 2 unspecified atom stereocenters. The van der Waals surface area contributed by atoms with E-state index in [2.05, 4.69) is 0 Å². The highest BCUT2D eigenvalue weighted by atomic mass is 35.5. The van der Waals surface area contributed by atoms with Gasteiger partial charge in [0.1, 0.15) is 6.10 Å². The minimum absolute atomic E-state index is 0.0513. The van der Waals surface area contributed by atoms with E-state index in [4.69, 9.17) is 34.7 Å². The second-order valence-electron chi connectivity index (χ2n) is 3.31. The van der Waals surface area contributed by atoms with Gasteiger partial charge >= 0.3 is 0 Å². The quantitative estimate of drug-likeness (QED) is 0.626. The average molecular weight is 251 g/mol. The summed E-state index contributed by atoms with van der Waals surface area (Å²) >= 11 is 11.7.